The van der Waals surface area contributed by atoms with Crippen LogP contribution in [0.3, 0.4) is 0 Å². The van der Waals surface area contributed by atoms with Crippen LogP contribution in [0.5, 0.6) is 0 Å². The van der Waals surface area contributed by atoms with Crippen LogP contribution >= 0.6 is 0 Å². The number of allylic oxidation sites excluding steroid dienone is 1. The predicted molar refractivity (Wildman–Crippen MR) is 102 cm³/mol. The molecule has 4 rings (SSSR count). The molecule has 0 heterocycles. The van der Waals surface area contributed by atoms with Crippen molar-refractivity contribution < 1.29 is 24.9 Å². The van der Waals surface area contributed by atoms with Crippen molar-refractivity contribution in [2.75, 3.05) is 13.7 Å². The van der Waals surface area contributed by atoms with E-state index in [4.69, 9.17) is 5.11 Å². The molecule has 5 nitrogen and oxygen atoms in total. The van der Waals surface area contributed by atoms with Gasteiger partial charge in [0.1, 0.15) is 6.61 Å². The maximum Gasteiger partial charge on any atom is 0.161 e. The number of ketones is 2. The van der Waals surface area contributed by atoms with E-state index in [2.05, 4.69) is 13.8 Å². The summed E-state index contributed by atoms with van der Waals surface area (Å²) in [7, 11) is 1.00. The fourth-order valence-corrected chi connectivity index (χ4v) is 7.33. The van der Waals surface area contributed by atoms with E-state index in [1.165, 1.54) is 5.57 Å². The molecule has 3 N–H and O–H groups in total. The molecule has 0 amide bonds. The highest BCUT2D eigenvalue weighted by atomic mass is 16.3. The van der Waals surface area contributed by atoms with Crippen molar-refractivity contribution in [2.45, 2.75) is 64.9 Å². The second kappa shape index (κ2) is 7.41. The summed E-state index contributed by atoms with van der Waals surface area (Å²) >= 11 is 0. The predicted octanol–water partition coefficient (Wildman–Crippen LogP) is 2.28. The third-order valence-corrected chi connectivity index (χ3v) is 8.44. The molecule has 4 aliphatic rings. The second-order valence-electron chi connectivity index (χ2n) is 9.42. The van der Waals surface area contributed by atoms with Gasteiger partial charge in [-0.15, -0.1) is 0 Å². The fraction of sp³-hybridized carbons (Fsp3) is 0.818. The van der Waals surface area contributed by atoms with Crippen LogP contribution in [0.1, 0.15) is 58.8 Å². The molecule has 7 atom stereocenters. The number of hydrogen-bond donors (Lipinski definition) is 3. The first-order chi connectivity index (χ1) is 12.8. The Kier molecular flexibility index (Phi) is 5.68. The molecule has 0 saturated heterocycles. The fourth-order valence-electron chi connectivity index (χ4n) is 7.33. The van der Waals surface area contributed by atoms with Gasteiger partial charge in [-0.05, 0) is 73.2 Å². The van der Waals surface area contributed by atoms with Crippen molar-refractivity contribution in [2.24, 2.45) is 34.5 Å². The molecular formula is C22H34O5. The van der Waals surface area contributed by atoms with Crippen LogP contribution in [-0.2, 0) is 9.59 Å². The summed E-state index contributed by atoms with van der Waals surface area (Å²) in [5.74, 6) is 1.12. The van der Waals surface area contributed by atoms with Gasteiger partial charge in [0.2, 0.25) is 0 Å². The van der Waals surface area contributed by atoms with Gasteiger partial charge in [-0.1, -0.05) is 19.4 Å². The van der Waals surface area contributed by atoms with Gasteiger partial charge in [-0.2, -0.15) is 0 Å². The maximum absolute atomic E-state index is 12.3. The quantitative estimate of drug-likeness (QED) is 0.685. The largest absolute Gasteiger partial charge is 0.400 e. The van der Waals surface area contributed by atoms with Crippen LogP contribution < -0.4 is 0 Å². The van der Waals surface area contributed by atoms with Gasteiger partial charge < -0.3 is 15.3 Å². The Morgan fingerprint density at radius 3 is 2.56 bits per heavy atom. The van der Waals surface area contributed by atoms with Crippen LogP contribution in [0, 0.1) is 34.5 Å². The molecule has 4 aliphatic carbocycles. The lowest BCUT2D eigenvalue weighted by Gasteiger charge is -2.59. The minimum Gasteiger partial charge on any atom is -0.400 e. The minimum atomic E-state index is -0.430. The number of fused-ring (bicyclic) bond motifs is 5. The molecule has 5 heteroatoms. The molecule has 0 bridgehead atoms. The molecule has 3 saturated carbocycles. The number of aliphatic hydroxyl groups is 3. The number of hydrogen-bond acceptors (Lipinski definition) is 5. The SMILES string of the molecule is CO.C[C@]12C[C@H](O)[C@H]3[C@@H](CCC4=CC(=O)CC[C@@]43C)[C@@H]1CC[C@@H]2C(=O)CO. The molecule has 0 aromatic rings. The third kappa shape index (κ3) is 3.02. The summed E-state index contributed by atoms with van der Waals surface area (Å²) in [5.41, 5.74) is 0.979. The average molecular weight is 379 g/mol. The monoisotopic (exact) mass is 378 g/mol. The summed E-state index contributed by atoms with van der Waals surface area (Å²) in [6.07, 6.45) is 7.32. The minimum absolute atomic E-state index is 0.0541. The first-order valence-corrected chi connectivity index (χ1v) is 10.3. The Labute approximate surface area is 161 Å². The Morgan fingerprint density at radius 1 is 1.19 bits per heavy atom. The Morgan fingerprint density at radius 2 is 1.89 bits per heavy atom. The zero-order valence-electron chi connectivity index (χ0n) is 16.8. The van der Waals surface area contributed by atoms with E-state index in [-0.39, 0.29) is 40.8 Å². The Hall–Kier alpha value is -1.04. The van der Waals surface area contributed by atoms with Crippen molar-refractivity contribution in [3.05, 3.63) is 11.6 Å². The third-order valence-electron chi connectivity index (χ3n) is 8.44. The summed E-state index contributed by atoms with van der Waals surface area (Å²) in [6.45, 7) is 4.03. The Bertz CT molecular complexity index is 641. The molecular weight excluding hydrogens is 344 g/mol. The maximum atomic E-state index is 12.3. The van der Waals surface area contributed by atoms with Gasteiger partial charge in [0.25, 0.3) is 0 Å². The van der Waals surface area contributed by atoms with Gasteiger partial charge in [0.05, 0.1) is 6.10 Å². The van der Waals surface area contributed by atoms with Crippen molar-refractivity contribution in [3.8, 4) is 0 Å². The van der Waals surface area contributed by atoms with Crippen molar-refractivity contribution in [1.29, 1.82) is 0 Å². The standard InChI is InChI=1S/C21H30O4.CH4O/c1-20-8-7-13(23)9-12(20)3-4-14-15-5-6-16(18(25)11-22)21(15,2)10-17(24)19(14)20;1-2/h9,14-17,19,22,24H,3-8,10-11H2,1-2H3;2H,1H3/t14-,15-,16+,17-,19+,20-,21-;/m0./s1. The molecule has 27 heavy (non-hydrogen) atoms. The van der Waals surface area contributed by atoms with E-state index in [1.807, 2.05) is 6.08 Å². The smallest absolute Gasteiger partial charge is 0.161 e. The summed E-state index contributed by atoms with van der Waals surface area (Å²) in [4.78, 5) is 24.2. The van der Waals surface area contributed by atoms with Gasteiger partial charge in [0.15, 0.2) is 11.6 Å². The second-order valence-corrected chi connectivity index (χ2v) is 9.42. The number of carbonyl (C=O) groups is 2. The van der Waals surface area contributed by atoms with E-state index >= 15 is 0 Å². The number of carbonyl (C=O) groups excluding carboxylic acids is 2. The van der Waals surface area contributed by atoms with Crippen LogP contribution in [0.4, 0.5) is 0 Å². The van der Waals surface area contributed by atoms with E-state index in [9.17, 15) is 19.8 Å². The molecule has 0 aliphatic heterocycles. The number of rotatable bonds is 2. The van der Waals surface area contributed by atoms with E-state index < -0.39 is 6.10 Å². The summed E-state index contributed by atoms with van der Waals surface area (Å²) in [6, 6.07) is 0. The molecule has 0 aromatic carbocycles. The van der Waals surface area contributed by atoms with Gasteiger partial charge in [-0.25, -0.2) is 0 Å². The molecule has 3 fully saturated rings. The molecule has 0 aromatic heterocycles. The Balaban J connectivity index is 0.00000102. The van der Waals surface area contributed by atoms with Crippen LogP contribution in [0.25, 0.3) is 0 Å². The van der Waals surface area contributed by atoms with Gasteiger partial charge >= 0.3 is 0 Å². The van der Waals surface area contributed by atoms with E-state index in [0.717, 1.165) is 39.2 Å². The lowest BCUT2D eigenvalue weighted by atomic mass is 9.46. The lowest BCUT2D eigenvalue weighted by molar-refractivity contribution is -0.146. The molecule has 0 spiro atoms. The summed E-state index contributed by atoms with van der Waals surface area (Å²) < 4.78 is 0. The van der Waals surface area contributed by atoms with Crippen molar-refractivity contribution in [3.63, 3.8) is 0 Å². The van der Waals surface area contributed by atoms with Crippen LogP contribution in [-0.4, -0.2) is 46.7 Å². The van der Waals surface area contributed by atoms with Crippen LogP contribution in [0.15, 0.2) is 11.6 Å². The highest BCUT2D eigenvalue weighted by Gasteiger charge is 2.62. The first kappa shape index (κ1) is 20.7. The topological polar surface area (TPSA) is 94.8 Å². The average Bonchev–Trinajstić information content (AvgIpc) is 2.99. The van der Waals surface area contributed by atoms with Crippen molar-refractivity contribution >= 4 is 11.6 Å². The number of Topliss-reactive ketones (excluding diaryl/α,β-unsaturated/α-hetero) is 1. The number of aliphatic hydroxyl groups excluding tert-OH is 3. The zero-order valence-corrected chi connectivity index (χ0v) is 16.8. The highest BCUT2D eigenvalue weighted by Crippen LogP contribution is 2.66. The van der Waals surface area contributed by atoms with Gasteiger partial charge in [-0.3, -0.25) is 9.59 Å². The van der Waals surface area contributed by atoms with Gasteiger partial charge in [0, 0.05) is 19.4 Å². The molecule has 0 radical (unpaired) electrons. The normalized spacial score (nSPS) is 45.6. The van der Waals surface area contributed by atoms with E-state index in [1.54, 1.807) is 0 Å². The van der Waals surface area contributed by atoms with Crippen molar-refractivity contribution in [1.82, 2.24) is 0 Å². The lowest BCUT2D eigenvalue weighted by Crippen LogP contribution is -2.57. The highest BCUT2D eigenvalue weighted by molar-refractivity contribution is 5.91. The summed E-state index contributed by atoms with van der Waals surface area (Å²) in [5, 5.41) is 27.5. The molecule has 0 unspecified atom stereocenters. The van der Waals surface area contributed by atoms with Crippen LogP contribution in [0.2, 0.25) is 0 Å². The molecule has 152 valence electrons. The zero-order chi connectivity index (χ0) is 20.0. The van der Waals surface area contributed by atoms with E-state index in [0.29, 0.717) is 24.7 Å². The first-order valence-electron chi connectivity index (χ1n) is 10.3.